The number of esters is 1. The molecule has 4 aliphatic carbocycles. The molecule has 28 heavy (non-hydrogen) atoms. The van der Waals surface area contributed by atoms with Crippen LogP contribution in [0, 0.1) is 28.6 Å². The zero-order chi connectivity index (χ0) is 20.3. The van der Waals surface area contributed by atoms with E-state index in [2.05, 4.69) is 26.8 Å². The first kappa shape index (κ1) is 19.9. The molecule has 1 N–H and O–H groups in total. The van der Waals surface area contributed by atoms with Gasteiger partial charge in [-0.15, -0.1) is 0 Å². The second-order valence-corrected chi connectivity index (χ2v) is 10.2. The van der Waals surface area contributed by atoms with Crippen LogP contribution in [-0.4, -0.2) is 29.6 Å². The summed E-state index contributed by atoms with van der Waals surface area (Å²) in [5.74, 6) is 1.44. The van der Waals surface area contributed by atoms with E-state index in [0.717, 1.165) is 32.1 Å². The summed E-state index contributed by atoms with van der Waals surface area (Å²) in [6.07, 6.45) is 10.5. The predicted molar refractivity (Wildman–Crippen MR) is 107 cm³/mol. The first-order valence-corrected chi connectivity index (χ1v) is 10.9. The minimum absolute atomic E-state index is 0.0749. The second kappa shape index (κ2) is 6.55. The van der Waals surface area contributed by atoms with Gasteiger partial charge in [0.25, 0.3) is 0 Å². The van der Waals surface area contributed by atoms with Crippen LogP contribution in [0.25, 0.3) is 0 Å². The lowest BCUT2D eigenvalue weighted by molar-refractivity contribution is -0.147. The Morgan fingerprint density at radius 3 is 2.64 bits per heavy atom. The highest BCUT2D eigenvalue weighted by atomic mass is 16.5. The van der Waals surface area contributed by atoms with Gasteiger partial charge in [0.2, 0.25) is 0 Å². The molecule has 4 heteroatoms. The molecule has 0 aromatic rings. The van der Waals surface area contributed by atoms with E-state index in [-0.39, 0.29) is 29.0 Å². The van der Waals surface area contributed by atoms with Gasteiger partial charge in [-0.3, -0.25) is 9.59 Å². The van der Waals surface area contributed by atoms with E-state index in [1.54, 1.807) is 0 Å². The van der Waals surface area contributed by atoms with Crippen LogP contribution in [0.2, 0.25) is 0 Å². The molecule has 154 valence electrons. The van der Waals surface area contributed by atoms with Crippen molar-refractivity contribution in [2.75, 3.05) is 7.11 Å². The minimum atomic E-state index is -0.794. The van der Waals surface area contributed by atoms with Crippen molar-refractivity contribution in [3.63, 3.8) is 0 Å². The lowest BCUT2D eigenvalue weighted by Gasteiger charge is -2.58. The van der Waals surface area contributed by atoms with Crippen LogP contribution in [0.15, 0.2) is 23.3 Å². The van der Waals surface area contributed by atoms with Crippen molar-refractivity contribution in [3.8, 4) is 0 Å². The summed E-state index contributed by atoms with van der Waals surface area (Å²) < 4.78 is 4.81. The van der Waals surface area contributed by atoms with E-state index in [4.69, 9.17) is 4.74 Å². The van der Waals surface area contributed by atoms with Crippen LogP contribution in [0.5, 0.6) is 0 Å². The Morgan fingerprint density at radius 1 is 1.21 bits per heavy atom. The molecule has 0 saturated heterocycles. The fourth-order valence-electron chi connectivity index (χ4n) is 7.35. The molecule has 0 unspecified atom stereocenters. The first-order valence-electron chi connectivity index (χ1n) is 10.9. The van der Waals surface area contributed by atoms with Gasteiger partial charge >= 0.3 is 5.97 Å². The molecule has 0 spiro atoms. The molecule has 0 heterocycles. The monoisotopic (exact) mass is 386 g/mol. The van der Waals surface area contributed by atoms with Crippen molar-refractivity contribution in [2.45, 2.75) is 77.7 Å². The predicted octanol–water partition coefficient (Wildman–Crippen LogP) is 4.37. The normalized spacial score (nSPS) is 44.8. The highest BCUT2D eigenvalue weighted by Gasteiger charge is 2.63. The fourth-order valence-corrected chi connectivity index (χ4v) is 7.35. The average molecular weight is 387 g/mol. The van der Waals surface area contributed by atoms with Gasteiger partial charge in [0.1, 0.15) is 0 Å². The summed E-state index contributed by atoms with van der Waals surface area (Å²) in [5, 5.41) is 11.6. The van der Waals surface area contributed by atoms with Gasteiger partial charge in [0, 0.05) is 12.8 Å². The van der Waals surface area contributed by atoms with Gasteiger partial charge in [-0.05, 0) is 85.7 Å². The van der Waals surface area contributed by atoms with Gasteiger partial charge < -0.3 is 9.84 Å². The lowest BCUT2D eigenvalue weighted by Crippen LogP contribution is -2.54. The van der Waals surface area contributed by atoms with Gasteiger partial charge in [-0.2, -0.15) is 0 Å². The summed E-state index contributed by atoms with van der Waals surface area (Å²) in [6.45, 7) is 6.77. The molecule has 0 aromatic heterocycles. The Labute approximate surface area is 168 Å². The molecule has 4 aliphatic rings. The molecule has 0 amide bonds. The van der Waals surface area contributed by atoms with Crippen molar-refractivity contribution in [1.82, 2.24) is 0 Å². The number of rotatable bonds is 3. The lowest BCUT2D eigenvalue weighted by atomic mass is 9.47. The van der Waals surface area contributed by atoms with Crippen molar-refractivity contribution < 1.29 is 19.4 Å². The number of ether oxygens (including phenoxy) is 1. The summed E-state index contributed by atoms with van der Waals surface area (Å²) in [4.78, 5) is 23.8. The smallest absolute Gasteiger partial charge is 0.305 e. The number of hydrogen-bond donors (Lipinski definition) is 1. The molecule has 0 radical (unpaired) electrons. The molecule has 6 atom stereocenters. The van der Waals surface area contributed by atoms with Gasteiger partial charge in [0.15, 0.2) is 5.78 Å². The number of ketones is 1. The number of fused-ring (bicyclic) bond motifs is 5. The van der Waals surface area contributed by atoms with Crippen LogP contribution >= 0.6 is 0 Å². The zero-order valence-electron chi connectivity index (χ0n) is 17.7. The number of hydrogen-bond acceptors (Lipinski definition) is 4. The van der Waals surface area contributed by atoms with Crippen LogP contribution in [0.4, 0.5) is 0 Å². The largest absolute Gasteiger partial charge is 0.469 e. The molecule has 2 saturated carbocycles. The van der Waals surface area contributed by atoms with Gasteiger partial charge in [0.05, 0.1) is 12.7 Å². The molecule has 4 nitrogen and oxygen atoms in total. The summed E-state index contributed by atoms with van der Waals surface area (Å²) >= 11 is 0. The number of carbonyl (C=O) groups is 2. The van der Waals surface area contributed by atoms with Crippen LogP contribution in [0.1, 0.15) is 72.1 Å². The molecule has 0 aromatic carbocycles. The van der Waals surface area contributed by atoms with E-state index >= 15 is 0 Å². The maximum Gasteiger partial charge on any atom is 0.305 e. The van der Waals surface area contributed by atoms with Crippen LogP contribution < -0.4 is 0 Å². The van der Waals surface area contributed by atoms with Crippen molar-refractivity contribution in [3.05, 3.63) is 23.3 Å². The third-order valence-corrected chi connectivity index (χ3v) is 9.12. The zero-order valence-corrected chi connectivity index (χ0v) is 17.7. The molecule has 4 rings (SSSR count). The highest BCUT2D eigenvalue weighted by Crippen LogP contribution is 2.67. The third kappa shape index (κ3) is 2.67. The highest BCUT2D eigenvalue weighted by molar-refractivity contribution is 5.92. The second-order valence-electron chi connectivity index (χ2n) is 10.2. The third-order valence-electron chi connectivity index (χ3n) is 9.12. The van der Waals surface area contributed by atoms with E-state index in [0.29, 0.717) is 30.6 Å². The minimum Gasteiger partial charge on any atom is -0.469 e. The standard InChI is InChI=1S/C24H34O4/c1-15-13-17-18(22(2)9-5-16(25)14-20(15)22)6-10-23(3)19(17)7-11-24(23,27)12-8-21(26)28-4/h13-14,17-19,27H,5-12H2,1-4H3/t17-,18+,19+,22-,23+,24-/m1/s1. The van der Waals surface area contributed by atoms with Crippen LogP contribution in [0.3, 0.4) is 0 Å². The maximum atomic E-state index is 12.1. The Kier molecular flexibility index (Phi) is 4.65. The fraction of sp³-hybridized carbons (Fsp3) is 0.750. The molecule has 0 bridgehead atoms. The van der Waals surface area contributed by atoms with E-state index < -0.39 is 5.60 Å². The topological polar surface area (TPSA) is 63.6 Å². The summed E-state index contributed by atoms with van der Waals surface area (Å²) in [6, 6.07) is 0. The quantitative estimate of drug-likeness (QED) is 0.732. The van der Waals surface area contributed by atoms with Crippen LogP contribution in [-0.2, 0) is 14.3 Å². The molecule has 0 aliphatic heterocycles. The number of allylic oxidation sites excluding steroid dienone is 4. The van der Waals surface area contributed by atoms with Crippen molar-refractivity contribution in [1.29, 1.82) is 0 Å². The van der Waals surface area contributed by atoms with Crippen molar-refractivity contribution in [2.24, 2.45) is 28.6 Å². The molecular weight excluding hydrogens is 352 g/mol. The van der Waals surface area contributed by atoms with Gasteiger partial charge in [-0.1, -0.05) is 25.5 Å². The number of aliphatic hydroxyl groups is 1. The molecule has 2 fully saturated rings. The van der Waals surface area contributed by atoms with Gasteiger partial charge in [-0.25, -0.2) is 0 Å². The summed E-state index contributed by atoms with van der Waals surface area (Å²) in [7, 11) is 1.41. The maximum absolute atomic E-state index is 12.1. The Morgan fingerprint density at radius 2 is 1.93 bits per heavy atom. The Hall–Kier alpha value is -1.42. The SMILES string of the molecule is COC(=O)CC[C@]1(O)CC[C@H]2[C@@H]3C=C(C)C4=CC(=O)CC[C@]4(C)[C@H]3CC[C@@]21C. The van der Waals surface area contributed by atoms with Crippen molar-refractivity contribution >= 4 is 11.8 Å². The van der Waals surface area contributed by atoms with E-state index in [1.807, 2.05) is 6.08 Å². The van der Waals surface area contributed by atoms with E-state index in [9.17, 15) is 14.7 Å². The Balaban J connectivity index is 1.66. The Bertz CT molecular complexity index is 765. The molecular formula is C24H34O4. The first-order chi connectivity index (χ1) is 13.1. The average Bonchev–Trinajstić information content (AvgIpc) is 2.93. The number of methoxy groups -OCH3 is 1. The summed E-state index contributed by atoms with van der Waals surface area (Å²) in [5.41, 5.74) is 1.63. The number of carbonyl (C=O) groups excluding carboxylic acids is 2. The van der Waals surface area contributed by atoms with E-state index in [1.165, 1.54) is 18.3 Å².